The average molecular weight is 431 g/mol. The van der Waals surface area contributed by atoms with Crippen LogP contribution in [-0.2, 0) is 16.1 Å². The summed E-state index contributed by atoms with van der Waals surface area (Å²) in [4.78, 5) is 27.5. The van der Waals surface area contributed by atoms with E-state index in [2.05, 4.69) is 12.2 Å². The fourth-order valence-electron chi connectivity index (χ4n) is 3.07. The van der Waals surface area contributed by atoms with Crippen LogP contribution in [0.1, 0.15) is 44.2 Å². The molecule has 2 amide bonds. The highest BCUT2D eigenvalue weighted by molar-refractivity contribution is 6.30. The van der Waals surface area contributed by atoms with E-state index in [9.17, 15) is 9.59 Å². The highest BCUT2D eigenvalue weighted by Gasteiger charge is 2.28. The normalized spacial score (nSPS) is 11.6. The molecule has 162 valence electrons. The third kappa shape index (κ3) is 7.38. The van der Waals surface area contributed by atoms with E-state index in [-0.39, 0.29) is 18.4 Å². The number of hydrogen-bond donors (Lipinski definition) is 1. The number of rotatable bonds is 11. The molecule has 5 nitrogen and oxygen atoms in total. The van der Waals surface area contributed by atoms with Crippen LogP contribution in [0, 0.1) is 6.92 Å². The van der Waals surface area contributed by atoms with Gasteiger partial charge in [0.1, 0.15) is 11.8 Å². The SMILES string of the molecule is CCCCNC(=O)C(CC)N(Cc1ccc(Cl)cc1)C(=O)COc1ccc(C)cc1. The van der Waals surface area contributed by atoms with Crippen molar-refractivity contribution in [1.82, 2.24) is 10.2 Å². The third-order valence-corrected chi connectivity index (χ3v) is 5.12. The van der Waals surface area contributed by atoms with Crippen LogP contribution < -0.4 is 10.1 Å². The first-order valence-electron chi connectivity index (χ1n) is 10.5. The lowest BCUT2D eigenvalue weighted by Gasteiger charge is -2.30. The Labute approximate surface area is 184 Å². The van der Waals surface area contributed by atoms with Crippen LogP contribution in [0.25, 0.3) is 0 Å². The van der Waals surface area contributed by atoms with Gasteiger partial charge in [0, 0.05) is 18.1 Å². The molecule has 1 unspecified atom stereocenters. The van der Waals surface area contributed by atoms with Gasteiger partial charge in [-0.2, -0.15) is 0 Å². The number of benzene rings is 2. The number of carbonyl (C=O) groups excluding carboxylic acids is 2. The zero-order valence-electron chi connectivity index (χ0n) is 18.0. The number of carbonyl (C=O) groups is 2. The predicted molar refractivity (Wildman–Crippen MR) is 121 cm³/mol. The van der Waals surface area contributed by atoms with E-state index in [1.54, 1.807) is 17.0 Å². The van der Waals surface area contributed by atoms with E-state index in [4.69, 9.17) is 16.3 Å². The highest BCUT2D eigenvalue weighted by atomic mass is 35.5. The van der Waals surface area contributed by atoms with Crippen molar-refractivity contribution in [3.05, 3.63) is 64.7 Å². The van der Waals surface area contributed by atoms with Gasteiger partial charge < -0.3 is 15.0 Å². The van der Waals surface area contributed by atoms with E-state index in [0.717, 1.165) is 24.0 Å². The van der Waals surface area contributed by atoms with Gasteiger partial charge in [-0.25, -0.2) is 0 Å². The number of hydrogen-bond acceptors (Lipinski definition) is 3. The Bertz CT molecular complexity index is 806. The summed E-state index contributed by atoms with van der Waals surface area (Å²) in [6, 6.07) is 14.3. The lowest BCUT2D eigenvalue weighted by atomic mass is 10.1. The average Bonchev–Trinajstić information content (AvgIpc) is 2.74. The van der Waals surface area contributed by atoms with Crippen molar-refractivity contribution in [3.8, 4) is 5.75 Å². The summed E-state index contributed by atoms with van der Waals surface area (Å²) in [6.45, 7) is 6.76. The first-order valence-corrected chi connectivity index (χ1v) is 10.8. The minimum atomic E-state index is -0.563. The standard InChI is InChI=1S/C24H31ClN2O3/c1-4-6-15-26-24(29)22(5-2)27(16-19-9-11-20(25)12-10-19)23(28)17-30-21-13-7-18(3)8-14-21/h7-14,22H,4-6,15-17H2,1-3H3,(H,26,29). The van der Waals surface area contributed by atoms with Gasteiger partial charge in [0.2, 0.25) is 5.91 Å². The van der Waals surface area contributed by atoms with E-state index < -0.39 is 6.04 Å². The Hall–Kier alpha value is -2.53. The van der Waals surface area contributed by atoms with Crippen LogP contribution >= 0.6 is 11.6 Å². The summed E-state index contributed by atoms with van der Waals surface area (Å²) in [5.74, 6) is 0.257. The molecule has 0 saturated heterocycles. The smallest absolute Gasteiger partial charge is 0.261 e. The second kappa shape index (κ2) is 12.2. The van der Waals surface area contributed by atoms with Crippen LogP contribution in [0.3, 0.4) is 0 Å². The Morgan fingerprint density at radius 1 is 1.07 bits per heavy atom. The van der Waals surface area contributed by atoms with E-state index in [0.29, 0.717) is 30.3 Å². The second-order valence-corrected chi connectivity index (χ2v) is 7.75. The molecule has 0 bridgehead atoms. The second-order valence-electron chi connectivity index (χ2n) is 7.32. The Morgan fingerprint density at radius 2 is 1.73 bits per heavy atom. The summed E-state index contributed by atoms with van der Waals surface area (Å²) in [6.07, 6.45) is 2.42. The van der Waals surface area contributed by atoms with Gasteiger partial charge in [0.15, 0.2) is 6.61 Å². The first-order chi connectivity index (χ1) is 14.4. The topological polar surface area (TPSA) is 58.6 Å². The molecule has 1 N–H and O–H groups in total. The molecular formula is C24H31ClN2O3. The summed E-state index contributed by atoms with van der Waals surface area (Å²) in [7, 11) is 0. The molecule has 0 radical (unpaired) electrons. The molecule has 30 heavy (non-hydrogen) atoms. The van der Waals surface area contributed by atoms with Crippen molar-refractivity contribution in [2.24, 2.45) is 0 Å². The lowest BCUT2D eigenvalue weighted by Crippen LogP contribution is -2.50. The van der Waals surface area contributed by atoms with Gasteiger partial charge in [-0.05, 0) is 49.6 Å². The number of ether oxygens (including phenoxy) is 1. The molecule has 0 heterocycles. The summed E-state index contributed by atoms with van der Waals surface area (Å²) < 4.78 is 5.69. The van der Waals surface area contributed by atoms with Crippen molar-refractivity contribution in [3.63, 3.8) is 0 Å². The van der Waals surface area contributed by atoms with Crippen LogP contribution in [0.2, 0.25) is 5.02 Å². The van der Waals surface area contributed by atoms with Gasteiger partial charge in [-0.3, -0.25) is 9.59 Å². The van der Waals surface area contributed by atoms with Crippen LogP contribution in [0.15, 0.2) is 48.5 Å². The van der Waals surface area contributed by atoms with Crippen molar-refractivity contribution in [2.45, 2.75) is 52.6 Å². The molecule has 2 aromatic rings. The zero-order valence-corrected chi connectivity index (χ0v) is 18.7. The van der Waals surface area contributed by atoms with Crippen molar-refractivity contribution in [1.29, 1.82) is 0 Å². The van der Waals surface area contributed by atoms with Crippen LogP contribution in [-0.4, -0.2) is 35.9 Å². The van der Waals surface area contributed by atoms with E-state index in [1.165, 1.54) is 0 Å². The van der Waals surface area contributed by atoms with Crippen LogP contribution in [0.5, 0.6) is 5.75 Å². The number of nitrogens with zero attached hydrogens (tertiary/aromatic N) is 1. The van der Waals surface area contributed by atoms with E-state index in [1.807, 2.05) is 50.2 Å². The lowest BCUT2D eigenvalue weighted by molar-refractivity contribution is -0.143. The molecular weight excluding hydrogens is 400 g/mol. The quantitative estimate of drug-likeness (QED) is 0.523. The number of unbranched alkanes of at least 4 members (excludes halogenated alkanes) is 1. The molecule has 2 aromatic carbocycles. The fourth-order valence-corrected chi connectivity index (χ4v) is 3.20. The molecule has 0 saturated carbocycles. The minimum absolute atomic E-state index is 0.130. The maximum absolute atomic E-state index is 13.1. The summed E-state index contributed by atoms with van der Waals surface area (Å²) in [5.41, 5.74) is 2.02. The molecule has 6 heteroatoms. The van der Waals surface area contributed by atoms with Crippen molar-refractivity contribution in [2.75, 3.05) is 13.2 Å². The third-order valence-electron chi connectivity index (χ3n) is 4.86. The zero-order chi connectivity index (χ0) is 21.9. The number of halogens is 1. The summed E-state index contributed by atoms with van der Waals surface area (Å²) >= 11 is 5.99. The molecule has 0 aliphatic rings. The van der Waals surface area contributed by atoms with Gasteiger partial charge in [-0.1, -0.05) is 61.7 Å². The first kappa shape index (κ1) is 23.7. The minimum Gasteiger partial charge on any atom is -0.484 e. The molecule has 0 fully saturated rings. The fraction of sp³-hybridized carbons (Fsp3) is 0.417. The molecule has 0 aliphatic heterocycles. The molecule has 2 rings (SSSR count). The monoisotopic (exact) mass is 430 g/mol. The molecule has 0 spiro atoms. The molecule has 1 atom stereocenters. The van der Waals surface area contributed by atoms with Gasteiger partial charge in [0.25, 0.3) is 5.91 Å². The van der Waals surface area contributed by atoms with Crippen LogP contribution in [0.4, 0.5) is 0 Å². The highest BCUT2D eigenvalue weighted by Crippen LogP contribution is 2.17. The Balaban J connectivity index is 2.15. The van der Waals surface area contributed by atoms with Gasteiger partial charge in [-0.15, -0.1) is 0 Å². The Morgan fingerprint density at radius 3 is 2.33 bits per heavy atom. The largest absolute Gasteiger partial charge is 0.484 e. The van der Waals surface area contributed by atoms with Gasteiger partial charge >= 0.3 is 0 Å². The molecule has 0 aromatic heterocycles. The number of nitrogens with one attached hydrogen (secondary N) is 1. The van der Waals surface area contributed by atoms with Gasteiger partial charge in [0.05, 0.1) is 0 Å². The molecule has 0 aliphatic carbocycles. The van der Waals surface area contributed by atoms with Crippen molar-refractivity contribution >= 4 is 23.4 Å². The van der Waals surface area contributed by atoms with E-state index >= 15 is 0 Å². The maximum atomic E-state index is 13.1. The number of aryl methyl sites for hydroxylation is 1. The number of amides is 2. The Kier molecular flexibility index (Phi) is 9.68. The summed E-state index contributed by atoms with van der Waals surface area (Å²) in [5, 5.41) is 3.58. The van der Waals surface area contributed by atoms with Crippen molar-refractivity contribution < 1.29 is 14.3 Å². The maximum Gasteiger partial charge on any atom is 0.261 e. The predicted octanol–water partition coefficient (Wildman–Crippen LogP) is 4.75.